The third kappa shape index (κ3) is 4.18. The first-order valence-corrected chi connectivity index (χ1v) is 6.90. The molecule has 0 aliphatic heterocycles. The Morgan fingerprint density at radius 1 is 1.25 bits per heavy atom. The van der Waals surface area contributed by atoms with Gasteiger partial charge in [-0.05, 0) is 30.7 Å². The van der Waals surface area contributed by atoms with Gasteiger partial charge in [0.05, 0.1) is 18.1 Å². The van der Waals surface area contributed by atoms with Crippen molar-refractivity contribution in [1.82, 2.24) is 15.3 Å². The highest BCUT2D eigenvalue weighted by Gasteiger charge is 2.04. The van der Waals surface area contributed by atoms with E-state index in [0.29, 0.717) is 23.5 Å². The van der Waals surface area contributed by atoms with Gasteiger partial charge in [0.2, 0.25) is 5.88 Å². The Hall–Kier alpha value is -1.65. The van der Waals surface area contributed by atoms with E-state index in [1.165, 1.54) is 0 Å². The van der Waals surface area contributed by atoms with E-state index in [0.717, 1.165) is 17.0 Å². The summed E-state index contributed by atoms with van der Waals surface area (Å²) in [6.45, 7) is 6.82. The molecule has 0 bridgehead atoms. The summed E-state index contributed by atoms with van der Waals surface area (Å²) >= 11 is 5.91. The maximum atomic E-state index is 5.91. The van der Waals surface area contributed by atoms with Gasteiger partial charge in [0.1, 0.15) is 5.75 Å². The van der Waals surface area contributed by atoms with Crippen LogP contribution in [0.25, 0.3) is 0 Å². The van der Waals surface area contributed by atoms with Gasteiger partial charge in [-0.3, -0.25) is 4.98 Å². The molecular formula is C15H18ClN3O. The lowest BCUT2D eigenvalue weighted by molar-refractivity contribution is 0.455. The molecule has 0 fully saturated rings. The fraction of sp³-hybridized carbons (Fsp3) is 0.333. The first-order chi connectivity index (χ1) is 9.54. The zero-order chi connectivity index (χ0) is 14.5. The molecular weight excluding hydrogens is 274 g/mol. The number of hydrogen-bond acceptors (Lipinski definition) is 4. The molecule has 2 aromatic rings. The fourth-order valence-electron chi connectivity index (χ4n) is 1.64. The van der Waals surface area contributed by atoms with E-state index in [4.69, 9.17) is 16.3 Å². The Kier molecular flexibility index (Phi) is 4.93. The molecule has 0 radical (unpaired) electrons. The third-order valence-electron chi connectivity index (χ3n) is 2.72. The number of nitrogens with zero attached hydrogens (tertiary/aromatic N) is 2. The van der Waals surface area contributed by atoms with Gasteiger partial charge in [0.25, 0.3) is 0 Å². The van der Waals surface area contributed by atoms with Crippen molar-refractivity contribution in [3.05, 3.63) is 46.9 Å². The molecule has 106 valence electrons. The Bertz CT molecular complexity index is 570. The van der Waals surface area contributed by atoms with Gasteiger partial charge in [-0.1, -0.05) is 25.4 Å². The van der Waals surface area contributed by atoms with Crippen LogP contribution in [-0.4, -0.2) is 16.0 Å². The Morgan fingerprint density at radius 3 is 2.65 bits per heavy atom. The van der Waals surface area contributed by atoms with Gasteiger partial charge >= 0.3 is 0 Å². The van der Waals surface area contributed by atoms with E-state index in [9.17, 15) is 0 Å². The molecule has 2 rings (SSSR count). The van der Waals surface area contributed by atoms with Crippen LogP contribution in [0.1, 0.15) is 25.1 Å². The second-order valence-corrected chi connectivity index (χ2v) is 5.33. The number of rotatable bonds is 5. The summed E-state index contributed by atoms with van der Waals surface area (Å²) in [5.41, 5.74) is 1.85. The van der Waals surface area contributed by atoms with Gasteiger partial charge in [-0.15, -0.1) is 0 Å². The summed E-state index contributed by atoms with van der Waals surface area (Å²) in [5, 5.41) is 3.98. The molecule has 0 atom stereocenters. The van der Waals surface area contributed by atoms with Crippen LogP contribution in [-0.2, 0) is 6.54 Å². The largest absolute Gasteiger partial charge is 0.437 e. The second kappa shape index (κ2) is 6.68. The van der Waals surface area contributed by atoms with Crippen molar-refractivity contribution in [3.8, 4) is 11.6 Å². The van der Waals surface area contributed by atoms with Crippen LogP contribution in [0.3, 0.4) is 0 Å². The lowest BCUT2D eigenvalue weighted by Crippen LogP contribution is -2.22. The highest BCUT2D eigenvalue weighted by molar-refractivity contribution is 6.30. The lowest BCUT2D eigenvalue weighted by atomic mass is 10.2. The molecule has 0 saturated carbocycles. The van der Waals surface area contributed by atoms with E-state index in [1.54, 1.807) is 18.5 Å². The number of ether oxygens (including phenoxy) is 1. The van der Waals surface area contributed by atoms with Gasteiger partial charge in [-0.2, -0.15) is 0 Å². The minimum absolute atomic E-state index is 0.421. The van der Waals surface area contributed by atoms with Crippen molar-refractivity contribution in [3.63, 3.8) is 0 Å². The summed E-state index contributed by atoms with van der Waals surface area (Å²) in [6, 6.07) is 5.89. The smallest absolute Gasteiger partial charge is 0.237 e. The minimum Gasteiger partial charge on any atom is -0.437 e. The van der Waals surface area contributed by atoms with E-state index < -0.39 is 0 Å². The van der Waals surface area contributed by atoms with Crippen molar-refractivity contribution >= 4 is 11.6 Å². The lowest BCUT2D eigenvalue weighted by Gasteiger charge is -2.09. The highest BCUT2D eigenvalue weighted by atomic mass is 35.5. The van der Waals surface area contributed by atoms with E-state index in [1.807, 2.05) is 19.1 Å². The quantitative estimate of drug-likeness (QED) is 0.912. The zero-order valence-corrected chi connectivity index (χ0v) is 12.6. The summed E-state index contributed by atoms with van der Waals surface area (Å²) in [4.78, 5) is 8.58. The van der Waals surface area contributed by atoms with Crippen LogP contribution < -0.4 is 10.1 Å². The van der Waals surface area contributed by atoms with Crippen LogP contribution in [0.4, 0.5) is 0 Å². The monoisotopic (exact) mass is 291 g/mol. The second-order valence-electron chi connectivity index (χ2n) is 4.89. The summed E-state index contributed by atoms with van der Waals surface area (Å²) < 4.78 is 5.69. The summed E-state index contributed by atoms with van der Waals surface area (Å²) in [5.74, 6) is 1.21. The van der Waals surface area contributed by atoms with Crippen LogP contribution in [0.5, 0.6) is 11.6 Å². The van der Waals surface area contributed by atoms with Gasteiger partial charge in [0.15, 0.2) is 0 Å². The maximum absolute atomic E-state index is 5.91. The Balaban J connectivity index is 2.03. The van der Waals surface area contributed by atoms with Crippen molar-refractivity contribution in [2.45, 2.75) is 33.4 Å². The van der Waals surface area contributed by atoms with Gasteiger partial charge < -0.3 is 10.1 Å². The molecule has 20 heavy (non-hydrogen) atoms. The van der Waals surface area contributed by atoms with Crippen LogP contribution >= 0.6 is 11.6 Å². The molecule has 4 nitrogen and oxygen atoms in total. The molecule has 1 aromatic heterocycles. The van der Waals surface area contributed by atoms with E-state index in [2.05, 4.69) is 29.1 Å². The normalized spacial score (nSPS) is 10.8. The number of benzene rings is 1. The first-order valence-electron chi connectivity index (χ1n) is 6.53. The standard InChI is InChI=1S/C15H18ClN3O/c1-10(2)17-7-13-8-19-15(9-18-13)20-14-5-4-12(16)6-11(14)3/h4-6,8-10,17H,7H2,1-3H3. The molecule has 5 heteroatoms. The van der Waals surface area contributed by atoms with Crippen LogP contribution in [0.15, 0.2) is 30.6 Å². The molecule has 0 unspecified atom stereocenters. The van der Waals surface area contributed by atoms with E-state index >= 15 is 0 Å². The average Bonchev–Trinajstić information content (AvgIpc) is 2.41. The molecule has 1 N–H and O–H groups in total. The molecule has 0 aliphatic rings. The zero-order valence-electron chi connectivity index (χ0n) is 11.9. The Labute approximate surface area is 124 Å². The topological polar surface area (TPSA) is 47.0 Å². The van der Waals surface area contributed by atoms with Crippen molar-refractivity contribution in [2.24, 2.45) is 0 Å². The number of halogens is 1. The summed E-state index contributed by atoms with van der Waals surface area (Å²) in [6.07, 6.45) is 3.35. The molecule has 0 amide bonds. The number of nitrogens with one attached hydrogen (secondary N) is 1. The molecule has 1 heterocycles. The van der Waals surface area contributed by atoms with Crippen molar-refractivity contribution < 1.29 is 4.74 Å². The van der Waals surface area contributed by atoms with Gasteiger partial charge in [0, 0.05) is 17.6 Å². The van der Waals surface area contributed by atoms with Gasteiger partial charge in [-0.25, -0.2) is 4.98 Å². The maximum Gasteiger partial charge on any atom is 0.237 e. The van der Waals surface area contributed by atoms with Crippen LogP contribution in [0.2, 0.25) is 5.02 Å². The summed E-state index contributed by atoms with van der Waals surface area (Å²) in [7, 11) is 0. The third-order valence-corrected chi connectivity index (χ3v) is 2.96. The van der Waals surface area contributed by atoms with Crippen molar-refractivity contribution in [2.75, 3.05) is 0 Å². The number of aromatic nitrogens is 2. The minimum atomic E-state index is 0.421. The SMILES string of the molecule is Cc1cc(Cl)ccc1Oc1cnc(CNC(C)C)cn1. The average molecular weight is 292 g/mol. The van der Waals surface area contributed by atoms with E-state index in [-0.39, 0.29) is 0 Å². The molecule has 0 aliphatic carbocycles. The Morgan fingerprint density at radius 2 is 2.05 bits per heavy atom. The number of hydrogen-bond donors (Lipinski definition) is 1. The highest BCUT2D eigenvalue weighted by Crippen LogP contribution is 2.25. The van der Waals surface area contributed by atoms with Crippen LogP contribution in [0, 0.1) is 6.92 Å². The molecule has 0 spiro atoms. The molecule has 1 aromatic carbocycles. The predicted octanol–water partition coefficient (Wildman–Crippen LogP) is 3.73. The van der Waals surface area contributed by atoms with Crippen molar-refractivity contribution in [1.29, 1.82) is 0 Å². The fourth-order valence-corrected chi connectivity index (χ4v) is 1.86. The predicted molar refractivity (Wildman–Crippen MR) is 80.3 cm³/mol. The number of aryl methyl sites for hydroxylation is 1. The molecule has 0 saturated heterocycles. The first kappa shape index (κ1) is 14.8.